The van der Waals surface area contributed by atoms with Gasteiger partial charge in [0.15, 0.2) is 0 Å². The molecule has 0 bridgehead atoms. The van der Waals surface area contributed by atoms with E-state index in [0.717, 1.165) is 26.3 Å². The summed E-state index contributed by atoms with van der Waals surface area (Å²) in [6.07, 6.45) is 0. The van der Waals surface area contributed by atoms with Gasteiger partial charge in [-0.1, -0.05) is 42.0 Å². The van der Waals surface area contributed by atoms with Gasteiger partial charge in [0.25, 0.3) is 5.91 Å². The lowest BCUT2D eigenvalue weighted by Crippen LogP contribution is -2.43. The van der Waals surface area contributed by atoms with Gasteiger partial charge in [0.1, 0.15) is 5.75 Å². The number of nitrogens with one attached hydrogen (secondary N) is 1. The van der Waals surface area contributed by atoms with Gasteiger partial charge in [-0.2, -0.15) is 0 Å². The summed E-state index contributed by atoms with van der Waals surface area (Å²) in [5, 5.41) is 3.11. The number of nitrogens with zero attached hydrogens (tertiary/aromatic N) is 1. The van der Waals surface area contributed by atoms with E-state index in [9.17, 15) is 4.79 Å². The summed E-state index contributed by atoms with van der Waals surface area (Å²) in [5.74, 6) is 0.514. The van der Waals surface area contributed by atoms with Gasteiger partial charge in [-0.3, -0.25) is 9.69 Å². The molecule has 1 aliphatic heterocycles. The van der Waals surface area contributed by atoms with E-state index in [2.05, 4.69) is 41.4 Å². The molecule has 1 atom stereocenters. The molecule has 144 valence electrons. The summed E-state index contributed by atoms with van der Waals surface area (Å²) in [6, 6.07) is 16.0. The summed E-state index contributed by atoms with van der Waals surface area (Å²) < 4.78 is 11.1. The maximum atomic E-state index is 12.8. The van der Waals surface area contributed by atoms with Crippen molar-refractivity contribution in [1.82, 2.24) is 10.2 Å². The summed E-state index contributed by atoms with van der Waals surface area (Å²) in [6.45, 7) is 8.26. The van der Waals surface area contributed by atoms with Crippen molar-refractivity contribution in [3.05, 3.63) is 65.2 Å². The third-order valence-electron chi connectivity index (χ3n) is 4.84. The number of ether oxygens (including phenoxy) is 2. The Labute approximate surface area is 161 Å². The highest BCUT2D eigenvalue weighted by Gasteiger charge is 2.24. The minimum Gasteiger partial charge on any atom is -0.493 e. The van der Waals surface area contributed by atoms with E-state index in [4.69, 9.17) is 9.47 Å². The van der Waals surface area contributed by atoms with Crippen LogP contribution in [0.5, 0.6) is 5.75 Å². The molecule has 1 fully saturated rings. The predicted octanol–water partition coefficient (Wildman–Crippen LogP) is 3.20. The van der Waals surface area contributed by atoms with Gasteiger partial charge in [0.05, 0.1) is 31.4 Å². The molecule has 0 spiro atoms. The average molecular weight is 368 g/mol. The number of carbonyl (C=O) groups excluding carboxylic acids is 1. The topological polar surface area (TPSA) is 50.8 Å². The number of rotatable bonds is 7. The quantitative estimate of drug-likeness (QED) is 0.815. The molecular formula is C22H28N2O3. The predicted molar refractivity (Wildman–Crippen MR) is 106 cm³/mol. The SMILES string of the molecule is CCOc1ccccc1C(=O)NC[C@@H](c1ccc(C)cc1)N1CCOCC1. The Bertz CT molecular complexity index is 739. The molecule has 0 aliphatic carbocycles. The molecule has 27 heavy (non-hydrogen) atoms. The smallest absolute Gasteiger partial charge is 0.255 e. The summed E-state index contributed by atoms with van der Waals surface area (Å²) in [7, 11) is 0. The van der Waals surface area contributed by atoms with Crippen LogP contribution >= 0.6 is 0 Å². The monoisotopic (exact) mass is 368 g/mol. The van der Waals surface area contributed by atoms with E-state index in [0.29, 0.717) is 24.5 Å². The highest BCUT2D eigenvalue weighted by molar-refractivity contribution is 5.96. The van der Waals surface area contributed by atoms with E-state index >= 15 is 0 Å². The zero-order valence-electron chi connectivity index (χ0n) is 16.1. The second kappa shape index (κ2) is 9.53. The van der Waals surface area contributed by atoms with Crippen LogP contribution in [0.25, 0.3) is 0 Å². The van der Waals surface area contributed by atoms with Crippen LogP contribution in [0.2, 0.25) is 0 Å². The van der Waals surface area contributed by atoms with Crippen LogP contribution in [0, 0.1) is 6.92 Å². The Hall–Kier alpha value is -2.37. The lowest BCUT2D eigenvalue weighted by Gasteiger charge is -2.35. The van der Waals surface area contributed by atoms with Gasteiger partial charge < -0.3 is 14.8 Å². The number of carbonyl (C=O) groups is 1. The fourth-order valence-corrected chi connectivity index (χ4v) is 3.36. The third kappa shape index (κ3) is 5.08. The maximum absolute atomic E-state index is 12.8. The number of amides is 1. The van der Waals surface area contributed by atoms with Gasteiger partial charge in [-0.25, -0.2) is 0 Å². The van der Waals surface area contributed by atoms with Crippen molar-refractivity contribution in [1.29, 1.82) is 0 Å². The Morgan fingerprint density at radius 3 is 2.56 bits per heavy atom. The molecule has 0 aromatic heterocycles. The van der Waals surface area contributed by atoms with Crippen molar-refractivity contribution in [2.75, 3.05) is 39.5 Å². The Morgan fingerprint density at radius 2 is 1.85 bits per heavy atom. The van der Waals surface area contributed by atoms with Crippen LogP contribution < -0.4 is 10.1 Å². The van der Waals surface area contributed by atoms with Gasteiger partial charge >= 0.3 is 0 Å². The largest absolute Gasteiger partial charge is 0.493 e. The molecule has 1 heterocycles. The van der Waals surface area contributed by atoms with Crippen molar-refractivity contribution >= 4 is 5.91 Å². The van der Waals surface area contributed by atoms with Crippen molar-refractivity contribution in [2.24, 2.45) is 0 Å². The molecule has 0 radical (unpaired) electrons. The van der Waals surface area contributed by atoms with E-state index in [1.54, 1.807) is 6.07 Å². The number of hydrogen-bond acceptors (Lipinski definition) is 4. The molecule has 1 aliphatic rings. The molecule has 3 rings (SSSR count). The number of aryl methyl sites for hydroxylation is 1. The Morgan fingerprint density at radius 1 is 1.15 bits per heavy atom. The van der Waals surface area contributed by atoms with E-state index < -0.39 is 0 Å². The van der Waals surface area contributed by atoms with Crippen LogP contribution in [0.3, 0.4) is 0 Å². The van der Waals surface area contributed by atoms with Crippen molar-refractivity contribution in [3.8, 4) is 5.75 Å². The molecule has 1 saturated heterocycles. The lowest BCUT2D eigenvalue weighted by atomic mass is 10.0. The first-order valence-electron chi connectivity index (χ1n) is 9.57. The fraction of sp³-hybridized carbons (Fsp3) is 0.409. The minimum atomic E-state index is -0.107. The molecule has 2 aromatic rings. The fourth-order valence-electron chi connectivity index (χ4n) is 3.36. The van der Waals surface area contributed by atoms with Crippen molar-refractivity contribution in [2.45, 2.75) is 19.9 Å². The molecule has 0 unspecified atom stereocenters. The van der Waals surface area contributed by atoms with E-state index in [1.165, 1.54) is 11.1 Å². The summed E-state index contributed by atoms with van der Waals surface area (Å²) in [5.41, 5.74) is 3.01. The first-order valence-corrected chi connectivity index (χ1v) is 9.57. The molecule has 1 N–H and O–H groups in total. The first-order chi connectivity index (χ1) is 13.2. The van der Waals surface area contributed by atoms with Crippen LogP contribution in [0.1, 0.15) is 34.5 Å². The molecule has 5 nitrogen and oxygen atoms in total. The number of benzene rings is 2. The standard InChI is InChI=1S/C22H28N2O3/c1-3-27-21-7-5-4-6-19(21)22(25)23-16-20(24-12-14-26-15-13-24)18-10-8-17(2)9-11-18/h4-11,20H,3,12-16H2,1-2H3,(H,23,25)/t20-/m0/s1. The first kappa shape index (κ1) is 19.4. The number of morpholine rings is 1. The highest BCUT2D eigenvalue weighted by atomic mass is 16.5. The number of para-hydroxylation sites is 1. The molecule has 0 saturated carbocycles. The average Bonchev–Trinajstić information content (AvgIpc) is 2.71. The van der Waals surface area contributed by atoms with E-state index in [-0.39, 0.29) is 11.9 Å². The third-order valence-corrected chi connectivity index (χ3v) is 4.84. The van der Waals surface area contributed by atoms with Gasteiger partial charge in [0.2, 0.25) is 0 Å². The van der Waals surface area contributed by atoms with Gasteiger partial charge in [0, 0.05) is 19.6 Å². The second-order valence-electron chi connectivity index (χ2n) is 6.71. The van der Waals surface area contributed by atoms with Crippen LogP contribution in [-0.2, 0) is 4.74 Å². The Balaban J connectivity index is 1.74. The van der Waals surface area contributed by atoms with Crippen LogP contribution in [0.4, 0.5) is 0 Å². The lowest BCUT2D eigenvalue weighted by molar-refractivity contribution is 0.0162. The normalized spacial score (nSPS) is 15.9. The zero-order valence-corrected chi connectivity index (χ0v) is 16.1. The van der Waals surface area contributed by atoms with Gasteiger partial charge in [-0.05, 0) is 31.5 Å². The van der Waals surface area contributed by atoms with Gasteiger partial charge in [-0.15, -0.1) is 0 Å². The maximum Gasteiger partial charge on any atom is 0.255 e. The van der Waals surface area contributed by atoms with Crippen molar-refractivity contribution in [3.63, 3.8) is 0 Å². The summed E-state index contributed by atoms with van der Waals surface area (Å²) >= 11 is 0. The van der Waals surface area contributed by atoms with Crippen molar-refractivity contribution < 1.29 is 14.3 Å². The highest BCUT2D eigenvalue weighted by Crippen LogP contribution is 2.23. The molecule has 2 aromatic carbocycles. The van der Waals surface area contributed by atoms with Crippen LogP contribution in [0.15, 0.2) is 48.5 Å². The molecular weight excluding hydrogens is 340 g/mol. The number of hydrogen-bond donors (Lipinski definition) is 1. The van der Waals surface area contributed by atoms with Crippen LogP contribution in [-0.4, -0.2) is 50.3 Å². The summed E-state index contributed by atoms with van der Waals surface area (Å²) in [4.78, 5) is 15.2. The zero-order chi connectivity index (χ0) is 19.1. The molecule has 5 heteroatoms. The minimum absolute atomic E-state index is 0.107. The van der Waals surface area contributed by atoms with E-state index in [1.807, 2.05) is 25.1 Å². The molecule has 1 amide bonds. The Kier molecular flexibility index (Phi) is 6.85. The second-order valence-corrected chi connectivity index (χ2v) is 6.71.